The topological polar surface area (TPSA) is 85.0 Å². The second-order valence-electron chi connectivity index (χ2n) is 9.22. The number of halogens is 4. The van der Waals surface area contributed by atoms with Gasteiger partial charge >= 0.3 is 0 Å². The largest absolute Gasteiger partial charge is 0.479 e. The molecule has 0 saturated carbocycles. The highest BCUT2D eigenvalue weighted by Crippen LogP contribution is 2.34. The van der Waals surface area contributed by atoms with Gasteiger partial charge < -0.3 is 14.0 Å². The summed E-state index contributed by atoms with van der Waals surface area (Å²) < 4.78 is 78.0. The maximum atomic E-state index is 15.5. The first-order valence-electron chi connectivity index (χ1n) is 12.4. The number of imidazole rings is 1. The summed E-state index contributed by atoms with van der Waals surface area (Å²) in [5, 5.41) is 2.81. The zero-order valence-corrected chi connectivity index (χ0v) is 19.9. The highest BCUT2D eigenvalue weighted by Gasteiger charge is 2.35. The minimum atomic E-state index is -2.59. The number of alkyl halides is 3. The molecule has 1 aromatic carbocycles. The van der Waals surface area contributed by atoms with Crippen molar-refractivity contribution < 1.29 is 28.4 Å². The lowest BCUT2D eigenvalue weighted by atomic mass is 10.0. The van der Waals surface area contributed by atoms with Crippen LogP contribution in [0.25, 0.3) is 27.7 Å². The molecule has 5 heterocycles. The summed E-state index contributed by atoms with van der Waals surface area (Å²) in [4.78, 5) is 15.0. The minimum absolute atomic E-state index is 0.00272. The molecule has 3 aromatic heterocycles. The third kappa shape index (κ3) is 4.35. The quantitative estimate of drug-likeness (QED) is 0.396. The van der Waals surface area contributed by atoms with Crippen LogP contribution in [-0.4, -0.2) is 87.1 Å². The number of fused-ring (bicyclic) bond motifs is 2. The van der Waals surface area contributed by atoms with E-state index < -0.39 is 37.2 Å². The van der Waals surface area contributed by atoms with Crippen LogP contribution in [-0.2, 0) is 11.3 Å². The molecule has 2 atom stereocenters. The van der Waals surface area contributed by atoms with Crippen molar-refractivity contribution in [2.24, 2.45) is 4.99 Å². The van der Waals surface area contributed by atoms with Crippen molar-refractivity contribution in [1.82, 2.24) is 29.0 Å². The molecule has 9 nitrogen and oxygen atoms in total. The minimum Gasteiger partial charge on any atom is -0.479 e. The molecule has 4 aromatic rings. The van der Waals surface area contributed by atoms with E-state index in [9.17, 15) is 13.2 Å². The Morgan fingerprint density at radius 2 is 2.19 bits per heavy atom. The van der Waals surface area contributed by atoms with Crippen LogP contribution >= 0.6 is 0 Å². The van der Waals surface area contributed by atoms with Crippen LogP contribution in [0.3, 0.4) is 0 Å². The summed E-state index contributed by atoms with van der Waals surface area (Å²) in [6.07, 6.45) is -2.55. The summed E-state index contributed by atoms with van der Waals surface area (Å²) in [7, 11) is 1.35. The van der Waals surface area contributed by atoms with Crippen LogP contribution in [0, 0.1) is 5.82 Å². The fraction of sp³-hybridized carbons (Fsp3) is 0.458. The highest BCUT2D eigenvalue weighted by atomic mass is 19.3. The molecule has 13 heteroatoms. The van der Waals surface area contributed by atoms with E-state index in [1.54, 1.807) is 12.1 Å². The van der Waals surface area contributed by atoms with Crippen molar-refractivity contribution in [3.8, 4) is 17.0 Å². The number of nitrogens with one attached hydrogen (secondary N) is 1. The lowest BCUT2D eigenvalue weighted by Gasteiger charge is -2.41. The third-order valence-corrected chi connectivity index (χ3v) is 6.91. The Morgan fingerprint density at radius 3 is 2.89 bits per heavy atom. The molecule has 2 aliphatic heterocycles. The predicted octanol–water partition coefficient (Wildman–Crippen LogP) is 2.80. The summed E-state index contributed by atoms with van der Waals surface area (Å²) in [6, 6.07) is 4.29. The second kappa shape index (κ2) is 9.45. The van der Waals surface area contributed by atoms with E-state index in [2.05, 4.69) is 25.0 Å². The highest BCUT2D eigenvalue weighted by molar-refractivity contribution is 5.89. The number of benzene rings is 1. The second-order valence-corrected chi connectivity index (χ2v) is 9.22. The zero-order valence-electron chi connectivity index (χ0n) is 20.9. The van der Waals surface area contributed by atoms with Crippen LogP contribution < -0.4 is 10.4 Å². The average molecular weight is 521 g/mol. The Morgan fingerprint density at radius 1 is 1.35 bits per heavy atom. The molecule has 2 saturated heterocycles. The number of hydrogen-bond acceptors (Lipinski definition) is 6. The fourth-order valence-corrected chi connectivity index (χ4v) is 4.94. The number of hydrogen-bond donors (Lipinski definition) is 1. The average Bonchev–Trinajstić information content (AvgIpc) is 3.36. The maximum Gasteiger partial charge on any atom is 0.256 e. The van der Waals surface area contributed by atoms with Crippen LogP contribution in [0.2, 0.25) is 0 Å². The van der Waals surface area contributed by atoms with Crippen LogP contribution in [0.4, 0.5) is 17.6 Å². The Labute approximate surface area is 209 Å². The Hall–Kier alpha value is -3.45. The monoisotopic (exact) mass is 520 g/mol. The maximum absolute atomic E-state index is 15.5. The molecule has 0 unspecified atom stereocenters. The van der Waals surface area contributed by atoms with Crippen molar-refractivity contribution in [1.29, 1.82) is 0 Å². The molecule has 196 valence electrons. The molecule has 2 fully saturated rings. The fourth-order valence-electron chi connectivity index (χ4n) is 4.94. The lowest BCUT2D eigenvalue weighted by molar-refractivity contribution is -0.0803. The number of nitrogens with zero attached hydrogens (tertiary/aromatic N) is 6. The van der Waals surface area contributed by atoms with Gasteiger partial charge in [0.05, 0.1) is 69.4 Å². The van der Waals surface area contributed by atoms with Gasteiger partial charge in [0.2, 0.25) is 11.5 Å². The van der Waals surface area contributed by atoms with Gasteiger partial charge in [-0.15, -0.1) is 0 Å². The molecule has 0 amide bonds. The molecule has 0 spiro atoms. The van der Waals surface area contributed by atoms with Gasteiger partial charge in [-0.3, -0.25) is 14.5 Å². The van der Waals surface area contributed by atoms with Gasteiger partial charge in [-0.2, -0.15) is 4.98 Å². The van der Waals surface area contributed by atoms with E-state index in [1.165, 1.54) is 24.1 Å². The summed E-state index contributed by atoms with van der Waals surface area (Å²) >= 11 is 0. The SMILES string of the molecule is [2H]c1c(F)c(-c2ccc3ncn(CC(F)F)c3c2)c2c(OC)nc(=N[C@@H]3CCN(C4COC4)C[C@@H]3F)[nH]n12. The first-order valence-corrected chi connectivity index (χ1v) is 11.9. The molecule has 6 rings (SSSR count). The number of piperidine rings is 1. The Kier molecular flexibility index (Phi) is 5.80. The van der Waals surface area contributed by atoms with E-state index in [1.807, 2.05) is 0 Å². The van der Waals surface area contributed by atoms with Gasteiger partial charge in [-0.05, 0) is 24.1 Å². The van der Waals surface area contributed by atoms with Crippen molar-refractivity contribution in [3.63, 3.8) is 0 Å². The molecule has 0 aliphatic carbocycles. The number of aromatic nitrogens is 5. The number of rotatable bonds is 6. The summed E-state index contributed by atoms with van der Waals surface area (Å²) in [5.41, 5.74) is 1.33. The van der Waals surface area contributed by atoms with Gasteiger partial charge in [0.15, 0.2) is 5.82 Å². The number of likely N-dealkylation sites (tertiary alicyclic amines) is 1. The van der Waals surface area contributed by atoms with Gasteiger partial charge in [-0.1, -0.05) is 6.07 Å². The molecule has 37 heavy (non-hydrogen) atoms. The normalized spacial score (nSPS) is 22.2. The van der Waals surface area contributed by atoms with Crippen molar-refractivity contribution in [3.05, 3.63) is 42.1 Å². The number of H-pyrrole nitrogens is 1. The van der Waals surface area contributed by atoms with E-state index in [-0.39, 0.29) is 35.2 Å². The summed E-state index contributed by atoms with van der Waals surface area (Å²) in [6.45, 7) is 1.55. The van der Waals surface area contributed by atoms with Crippen molar-refractivity contribution in [2.75, 3.05) is 33.4 Å². The van der Waals surface area contributed by atoms with Crippen LogP contribution in [0.15, 0.2) is 35.7 Å². The van der Waals surface area contributed by atoms with Gasteiger partial charge in [-0.25, -0.2) is 27.5 Å². The first-order chi connectivity index (χ1) is 18.3. The van der Waals surface area contributed by atoms with E-state index in [0.717, 1.165) is 4.52 Å². The Bertz CT molecular complexity index is 1560. The van der Waals surface area contributed by atoms with E-state index in [0.29, 0.717) is 42.8 Å². The van der Waals surface area contributed by atoms with Gasteiger partial charge in [0.1, 0.15) is 11.7 Å². The van der Waals surface area contributed by atoms with Crippen LogP contribution in [0.1, 0.15) is 7.79 Å². The molecule has 1 N–H and O–H groups in total. The lowest BCUT2D eigenvalue weighted by Crippen LogP contribution is -2.55. The molecule has 0 radical (unpaired) electrons. The van der Waals surface area contributed by atoms with E-state index in [4.69, 9.17) is 10.8 Å². The number of ether oxygens (including phenoxy) is 2. The first kappa shape index (κ1) is 22.7. The van der Waals surface area contributed by atoms with Gasteiger partial charge in [0, 0.05) is 13.1 Å². The molecule has 2 aliphatic rings. The van der Waals surface area contributed by atoms with Gasteiger partial charge in [0.25, 0.3) is 6.43 Å². The van der Waals surface area contributed by atoms with Crippen LogP contribution in [0.5, 0.6) is 5.88 Å². The molecule has 0 bridgehead atoms. The number of aromatic amines is 1. The predicted molar refractivity (Wildman–Crippen MR) is 126 cm³/mol. The molecular weight excluding hydrogens is 494 g/mol. The van der Waals surface area contributed by atoms with Crippen molar-refractivity contribution >= 4 is 16.6 Å². The summed E-state index contributed by atoms with van der Waals surface area (Å²) in [5.74, 6) is -0.882. The third-order valence-electron chi connectivity index (χ3n) is 6.91. The van der Waals surface area contributed by atoms with E-state index >= 15 is 4.39 Å². The smallest absolute Gasteiger partial charge is 0.256 e. The Balaban J connectivity index is 1.41. The zero-order chi connectivity index (χ0) is 26.6. The number of methoxy groups -OCH3 is 1. The molecular formula is C24H25F4N7O2. The standard InChI is InChI=1S/C24H25F4N7O2/c1-36-23-22-21(13-2-3-18-19(6-13)34(12-29-18)9-20(27)28)16(26)8-35(22)32-24(31-23)30-17-4-5-33(7-15(17)25)14-10-37-11-14/h2-3,6,8,12,14-15,17,20H,4-5,7,9-11H2,1H3,(H,30,32)/t15-,17+/m0/s1/i8D. The van der Waals surface area contributed by atoms with Crippen molar-refractivity contribution in [2.45, 2.75) is 37.6 Å².